The van der Waals surface area contributed by atoms with Gasteiger partial charge in [-0.3, -0.25) is 18.8 Å². The Bertz CT molecular complexity index is 1350. The Hall–Kier alpha value is -3.92. The van der Waals surface area contributed by atoms with Crippen LogP contribution in [0, 0.1) is 0 Å². The first-order chi connectivity index (χ1) is 14.9. The molecule has 0 aliphatic rings. The number of rotatable bonds is 6. The lowest BCUT2D eigenvalue weighted by atomic mass is 10.2. The number of nitrogens with zero attached hydrogens (tertiary/aromatic N) is 4. The monoisotopic (exact) mass is 437 g/mol. The molecule has 0 bridgehead atoms. The summed E-state index contributed by atoms with van der Waals surface area (Å²) in [5.41, 5.74) is 1.22. The lowest BCUT2D eigenvalue weighted by Gasteiger charge is -2.20. The molecule has 2 aromatic heterocycles. The van der Waals surface area contributed by atoms with E-state index in [0.29, 0.717) is 17.1 Å². The van der Waals surface area contributed by atoms with Crippen molar-refractivity contribution < 1.29 is 17.9 Å². The van der Waals surface area contributed by atoms with Gasteiger partial charge in [0.1, 0.15) is 5.75 Å². The van der Waals surface area contributed by atoms with Crippen LogP contribution in [-0.2, 0) is 10.0 Å². The van der Waals surface area contributed by atoms with Crippen LogP contribution in [0.4, 0.5) is 11.6 Å². The second-order valence-electron chi connectivity index (χ2n) is 6.60. The van der Waals surface area contributed by atoms with Crippen LogP contribution in [0.15, 0.2) is 77.8 Å². The van der Waals surface area contributed by atoms with E-state index in [9.17, 15) is 13.2 Å². The predicted molar refractivity (Wildman–Crippen MR) is 116 cm³/mol. The minimum atomic E-state index is -3.88. The molecule has 0 spiro atoms. The Kier molecular flexibility index (Phi) is 5.30. The molecule has 0 fully saturated rings. The van der Waals surface area contributed by atoms with E-state index >= 15 is 0 Å². The summed E-state index contributed by atoms with van der Waals surface area (Å²) in [6.45, 7) is 0. The molecule has 2 heterocycles. The first-order valence-corrected chi connectivity index (χ1v) is 10.7. The number of hydrogen-bond acceptors (Lipinski definition) is 6. The number of benzene rings is 2. The lowest BCUT2D eigenvalue weighted by molar-refractivity contribution is 0.102. The Morgan fingerprint density at radius 1 is 1.03 bits per heavy atom. The number of pyridine rings is 1. The first-order valence-electron chi connectivity index (χ1n) is 9.24. The summed E-state index contributed by atoms with van der Waals surface area (Å²) in [4.78, 5) is 12.7. The van der Waals surface area contributed by atoms with Gasteiger partial charge in [-0.25, -0.2) is 8.42 Å². The quantitative estimate of drug-likeness (QED) is 0.497. The molecule has 0 atom stereocenters. The van der Waals surface area contributed by atoms with Gasteiger partial charge in [-0.05, 0) is 54.6 Å². The predicted octanol–water partition coefficient (Wildman–Crippen LogP) is 2.82. The highest BCUT2D eigenvalue weighted by Crippen LogP contribution is 2.25. The Morgan fingerprint density at radius 2 is 1.81 bits per heavy atom. The van der Waals surface area contributed by atoms with Crippen LogP contribution < -0.4 is 14.4 Å². The summed E-state index contributed by atoms with van der Waals surface area (Å²) >= 11 is 0. The second kappa shape index (κ2) is 8.07. The number of anilines is 2. The number of amides is 1. The number of carbonyl (C=O) groups is 1. The van der Waals surface area contributed by atoms with Gasteiger partial charge < -0.3 is 4.74 Å². The maximum Gasteiger partial charge on any atom is 0.264 e. The van der Waals surface area contributed by atoms with E-state index < -0.39 is 15.9 Å². The van der Waals surface area contributed by atoms with E-state index in [1.165, 1.54) is 38.4 Å². The Morgan fingerprint density at radius 3 is 2.55 bits per heavy atom. The summed E-state index contributed by atoms with van der Waals surface area (Å²) in [5.74, 6) is 0.362. The second-order valence-corrected chi connectivity index (χ2v) is 8.57. The van der Waals surface area contributed by atoms with E-state index in [2.05, 4.69) is 15.5 Å². The molecule has 2 aromatic carbocycles. The molecule has 4 aromatic rings. The topological polar surface area (TPSA) is 106 Å². The number of aromatic nitrogens is 3. The molecule has 158 valence electrons. The number of methoxy groups -OCH3 is 1. The summed E-state index contributed by atoms with van der Waals surface area (Å²) < 4.78 is 34.1. The van der Waals surface area contributed by atoms with Crippen molar-refractivity contribution in [3.8, 4) is 5.75 Å². The minimum Gasteiger partial charge on any atom is -0.497 e. The van der Waals surface area contributed by atoms with Gasteiger partial charge in [0.15, 0.2) is 5.65 Å². The zero-order valence-electron chi connectivity index (χ0n) is 16.8. The highest BCUT2D eigenvalue weighted by atomic mass is 32.2. The van der Waals surface area contributed by atoms with Crippen molar-refractivity contribution in [3.05, 3.63) is 78.5 Å². The van der Waals surface area contributed by atoms with Gasteiger partial charge in [0.25, 0.3) is 15.9 Å². The van der Waals surface area contributed by atoms with E-state index in [1.807, 2.05) is 6.07 Å². The standard InChI is InChI=1S/C21H19N5O4S/c1-25(16-9-11-17(30-2)12-10-16)31(28,29)18-7-5-6-15(14-18)20(27)22-21-24-23-19-8-3-4-13-26(19)21/h3-14H,1-2H3,(H,22,24,27). The molecule has 31 heavy (non-hydrogen) atoms. The maximum absolute atomic E-state index is 13.1. The molecule has 1 N–H and O–H groups in total. The first kappa shape index (κ1) is 20.4. The van der Waals surface area contributed by atoms with Gasteiger partial charge in [-0.15, -0.1) is 10.2 Å². The third kappa shape index (κ3) is 3.92. The average molecular weight is 437 g/mol. The number of hydrogen-bond donors (Lipinski definition) is 1. The summed E-state index contributed by atoms with van der Waals surface area (Å²) in [7, 11) is -0.898. The third-order valence-corrected chi connectivity index (χ3v) is 6.51. The fourth-order valence-corrected chi connectivity index (χ4v) is 4.23. The van der Waals surface area contributed by atoms with E-state index in [-0.39, 0.29) is 16.4 Å². The minimum absolute atomic E-state index is 0.00966. The van der Waals surface area contributed by atoms with E-state index in [0.717, 1.165) is 4.31 Å². The zero-order chi connectivity index (χ0) is 22.0. The van der Waals surface area contributed by atoms with Gasteiger partial charge >= 0.3 is 0 Å². The van der Waals surface area contributed by atoms with E-state index in [1.54, 1.807) is 47.0 Å². The van der Waals surface area contributed by atoms with Crippen LogP contribution in [0.3, 0.4) is 0 Å². The van der Waals surface area contributed by atoms with Crippen molar-refractivity contribution in [1.82, 2.24) is 14.6 Å². The number of sulfonamides is 1. The largest absolute Gasteiger partial charge is 0.497 e. The van der Waals surface area contributed by atoms with Crippen LogP contribution >= 0.6 is 0 Å². The van der Waals surface area contributed by atoms with Crippen LogP contribution in [0.25, 0.3) is 5.65 Å². The molecular weight excluding hydrogens is 418 g/mol. The molecule has 9 nitrogen and oxygen atoms in total. The Balaban J connectivity index is 1.59. The smallest absolute Gasteiger partial charge is 0.264 e. The molecule has 0 aliphatic heterocycles. The number of nitrogens with one attached hydrogen (secondary N) is 1. The number of ether oxygens (including phenoxy) is 1. The van der Waals surface area contributed by atoms with Gasteiger partial charge in [-0.1, -0.05) is 12.1 Å². The molecule has 0 saturated carbocycles. The number of carbonyl (C=O) groups excluding carboxylic acids is 1. The van der Waals surface area contributed by atoms with Gasteiger partial charge in [-0.2, -0.15) is 0 Å². The highest BCUT2D eigenvalue weighted by molar-refractivity contribution is 7.92. The van der Waals surface area contributed by atoms with Gasteiger partial charge in [0, 0.05) is 18.8 Å². The van der Waals surface area contributed by atoms with Gasteiger partial charge in [0.2, 0.25) is 5.95 Å². The van der Waals surface area contributed by atoms with Gasteiger partial charge in [0.05, 0.1) is 17.7 Å². The molecule has 4 rings (SSSR count). The fraction of sp³-hybridized carbons (Fsp3) is 0.0952. The highest BCUT2D eigenvalue weighted by Gasteiger charge is 2.23. The number of fused-ring (bicyclic) bond motifs is 1. The van der Waals surface area contributed by atoms with Crippen molar-refractivity contribution in [3.63, 3.8) is 0 Å². The van der Waals surface area contributed by atoms with Crippen molar-refractivity contribution >= 4 is 33.2 Å². The third-order valence-electron chi connectivity index (χ3n) is 4.73. The maximum atomic E-state index is 13.1. The molecule has 0 aliphatic carbocycles. The van der Waals surface area contributed by atoms with Crippen molar-refractivity contribution in [2.75, 3.05) is 23.8 Å². The molecule has 1 amide bonds. The van der Waals surface area contributed by atoms with E-state index in [4.69, 9.17) is 4.74 Å². The fourth-order valence-electron chi connectivity index (χ4n) is 2.99. The van der Waals surface area contributed by atoms with Crippen molar-refractivity contribution in [2.24, 2.45) is 0 Å². The average Bonchev–Trinajstić information content (AvgIpc) is 3.21. The SMILES string of the molecule is COc1ccc(N(C)S(=O)(=O)c2cccc(C(=O)Nc3nnc4ccccn34)c2)cc1. The zero-order valence-corrected chi connectivity index (χ0v) is 17.6. The summed E-state index contributed by atoms with van der Waals surface area (Å²) in [5, 5.41) is 10.6. The van der Waals surface area contributed by atoms with Crippen LogP contribution in [0.1, 0.15) is 10.4 Å². The molecule has 0 saturated heterocycles. The molecular formula is C21H19N5O4S. The molecule has 0 unspecified atom stereocenters. The summed E-state index contributed by atoms with van der Waals surface area (Å²) in [6, 6.07) is 17.8. The lowest BCUT2D eigenvalue weighted by Crippen LogP contribution is -2.27. The van der Waals surface area contributed by atoms with Crippen LogP contribution in [0.5, 0.6) is 5.75 Å². The normalized spacial score (nSPS) is 11.3. The molecule has 0 radical (unpaired) electrons. The van der Waals surface area contributed by atoms with Crippen LogP contribution in [-0.4, -0.2) is 43.1 Å². The summed E-state index contributed by atoms with van der Waals surface area (Å²) in [6.07, 6.45) is 1.72. The Labute approximate surface area is 179 Å². The molecule has 10 heteroatoms. The van der Waals surface area contributed by atoms with Crippen LogP contribution in [0.2, 0.25) is 0 Å². The van der Waals surface area contributed by atoms with Crippen molar-refractivity contribution in [2.45, 2.75) is 4.90 Å². The van der Waals surface area contributed by atoms with Crippen molar-refractivity contribution in [1.29, 1.82) is 0 Å².